The molecule has 0 aromatic heterocycles. The lowest BCUT2D eigenvalue weighted by Gasteiger charge is -2.03. The predicted molar refractivity (Wildman–Crippen MR) is 64.6 cm³/mol. The number of hydrogen-bond acceptors (Lipinski definition) is 2. The lowest BCUT2D eigenvalue weighted by atomic mass is 10.3. The van der Waals surface area contributed by atoms with Gasteiger partial charge in [-0.15, -0.1) is 0 Å². The summed E-state index contributed by atoms with van der Waals surface area (Å²) in [6, 6.07) is 5.46. The van der Waals surface area contributed by atoms with Gasteiger partial charge < -0.3 is 10.4 Å². The molecule has 0 saturated carbocycles. The molecule has 0 aliphatic rings. The third kappa shape index (κ3) is 3.55. The van der Waals surface area contributed by atoms with Gasteiger partial charge in [0.05, 0.1) is 10.7 Å². The Morgan fingerprint density at radius 1 is 1.57 bits per heavy atom. The van der Waals surface area contributed by atoms with Crippen LogP contribution in [0.15, 0.2) is 30.5 Å². The molecular formula is C9H7ClINO2. The van der Waals surface area contributed by atoms with E-state index < -0.39 is 5.97 Å². The summed E-state index contributed by atoms with van der Waals surface area (Å²) in [7, 11) is 0. The molecule has 0 bridgehead atoms. The number of carboxylic acid groups (broad SMARTS) is 1. The fraction of sp³-hybridized carbons (Fsp3) is 0. The number of nitrogens with one attached hydrogen (secondary N) is 1. The average Bonchev–Trinajstić information content (AvgIpc) is 2.08. The van der Waals surface area contributed by atoms with Crippen molar-refractivity contribution in [1.29, 1.82) is 0 Å². The molecule has 5 heteroatoms. The standard InChI is InChI=1S/C9H7ClINO2/c10-7-5-6(11)1-2-8(7)12-4-3-9(13)14/h1-5,12H,(H,13,14)/b4-3+. The highest BCUT2D eigenvalue weighted by atomic mass is 127. The Hall–Kier alpha value is -0.750. The quantitative estimate of drug-likeness (QED) is 0.664. The first kappa shape index (κ1) is 11.3. The molecule has 74 valence electrons. The molecule has 2 N–H and O–H groups in total. The van der Waals surface area contributed by atoms with Gasteiger partial charge in [0.15, 0.2) is 0 Å². The van der Waals surface area contributed by atoms with Gasteiger partial charge in [-0.1, -0.05) is 11.6 Å². The van der Waals surface area contributed by atoms with Crippen molar-refractivity contribution >= 4 is 45.8 Å². The minimum absolute atomic E-state index is 0.562. The second kappa shape index (κ2) is 5.21. The first-order valence-electron chi connectivity index (χ1n) is 3.70. The van der Waals surface area contributed by atoms with E-state index in [9.17, 15) is 4.79 Å². The van der Waals surface area contributed by atoms with E-state index in [-0.39, 0.29) is 0 Å². The van der Waals surface area contributed by atoms with E-state index in [0.717, 1.165) is 9.65 Å². The van der Waals surface area contributed by atoms with Crippen LogP contribution in [-0.4, -0.2) is 11.1 Å². The Morgan fingerprint density at radius 2 is 2.29 bits per heavy atom. The molecule has 0 fully saturated rings. The van der Waals surface area contributed by atoms with Gasteiger partial charge in [-0.2, -0.15) is 0 Å². The maximum absolute atomic E-state index is 10.2. The lowest BCUT2D eigenvalue weighted by Crippen LogP contribution is -1.92. The number of hydrogen-bond donors (Lipinski definition) is 2. The minimum Gasteiger partial charge on any atom is -0.478 e. The van der Waals surface area contributed by atoms with Crippen LogP contribution in [0.25, 0.3) is 0 Å². The first-order chi connectivity index (χ1) is 6.59. The summed E-state index contributed by atoms with van der Waals surface area (Å²) in [5.41, 5.74) is 0.685. The van der Waals surface area contributed by atoms with Crippen molar-refractivity contribution in [3.8, 4) is 0 Å². The number of benzene rings is 1. The number of aliphatic carboxylic acids is 1. The second-order valence-corrected chi connectivity index (χ2v) is 4.09. The number of carboxylic acids is 1. The molecule has 3 nitrogen and oxygen atoms in total. The van der Waals surface area contributed by atoms with Gasteiger partial charge in [0, 0.05) is 15.8 Å². The molecule has 0 atom stereocenters. The second-order valence-electron chi connectivity index (χ2n) is 2.44. The normalized spacial score (nSPS) is 10.4. The molecule has 0 spiro atoms. The van der Waals surface area contributed by atoms with E-state index in [1.807, 2.05) is 6.07 Å². The molecule has 1 rings (SSSR count). The summed E-state index contributed by atoms with van der Waals surface area (Å²) in [4.78, 5) is 10.2. The monoisotopic (exact) mass is 323 g/mol. The predicted octanol–water partition coefficient (Wildman–Crippen LogP) is 2.95. The number of carbonyl (C=O) groups is 1. The van der Waals surface area contributed by atoms with Crippen LogP contribution in [0.5, 0.6) is 0 Å². The van der Waals surface area contributed by atoms with Crippen LogP contribution in [0.3, 0.4) is 0 Å². The van der Waals surface area contributed by atoms with E-state index in [4.69, 9.17) is 16.7 Å². The molecule has 0 radical (unpaired) electrons. The molecule has 0 heterocycles. The zero-order chi connectivity index (χ0) is 10.6. The third-order valence-corrected chi connectivity index (χ3v) is 2.38. The van der Waals surface area contributed by atoms with Gasteiger partial charge >= 0.3 is 5.97 Å². The highest BCUT2D eigenvalue weighted by Crippen LogP contribution is 2.23. The van der Waals surface area contributed by atoms with Gasteiger partial charge in [0.1, 0.15) is 0 Å². The van der Waals surface area contributed by atoms with Crippen molar-refractivity contribution in [3.05, 3.63) is 39.1 Å². The maximum atomic E-state index is 10.2. The number of rotatable bonds is 3. The Balaban J connectivity index is 2.73. The molecular weight excluding hydrogens is 316 g/mol. The molecule has 0 saturated heterocycles. The Kier molecular flexibility index (Phi) is 4.21. The van der Waals surface area contributed by atoms with Gasteiger partial charge in [-0.3, -0.25) is 0 Å². The molecule has 1 aromatic rings. The zero-order valence-corrected chi connectivity index (χ0v) is 9.91. The Labute approximate surface area is 99.9 Å². The van der Waals surface area contributed by atoms with E-state index >= 15 is 0 Å². The molecule has 0 aliphatic carbocycles. The fourth-order valence-corrected chi connectivity index (χ4v) is 1.72. The topological polar surface area (TPSA) is 49.3 Å². The van der Waals surface area contributed by atoms with Crippen LogP contribution >= 0.6 is 34.2 Å². The van der Waals surface area contributed by atoms with Crippen molar-refractivity contribution in [2.75, 3.05) is 5.32 Å². The smallest absolute Gasteiger partial charge is 0.329 e. The fourth-order valence-electron chi connectivity index (χ4n) is 0.809. The van der Waals surface area contributed by atoms with E-state index in [1.54, 1.807) is 12.1 Å². The van der Waals surface area contributed by atoms with Crippen LogP contribution in [0.1, 0.15) is 0 Å². The zero-order valence-electron chi connectivity index (χ0n) is 7.00. The van der Waals surface area contributed by atoms with Gasteiger partial charge in [0.25, 0.3) is 0 Å². The van der Waals surface area contributed by atoms with Crippen molar-refractivity contribution in [1.82, 2.24) is 0 Å². The summed E-state index contributed by atoms with van der Waals surface area (Å²) >= 11 is 8.04. The van der Waals surface area contributed by atoms with Gasteiger partial charge in [-0.25, -0.2) is 4.79 Å². The minimum atomic E-state index is -1.00. The van der Waals surface area contributed by atoms with Gasteiger partial charge in [0.2, 0.25) is 0 Å². The highest BCUT2D eigenvalue weighted by molar-refractivity contribution is 14.1. The number of halogens is 2. The first-order valence-corrected chi connectivity index (χ1v) is 5.16. The summed E-state index contributed by atoms with van der Waals surface area (Å²) in [6.45, 7) is 0. The van der Waals surface area contributed by atoms with Crippen molar-refractivity contribution in [3.63, 3.8) is 0 Å². The van der Waals surface area contributed by atoms with Crippen molar-refractivity contribution in [2.24, 2.45) is 0 Å². The van der Waals surface area contributed by atoms with Crippen LogP contribution < -0.4 is 5.32 Å². The van der Waals surface area contributed by atoms with Crippen molar-refractivity contribution in [2.45, 2.75) is 0 Å². The number of anilines is 1. The molecule has 14 heavy (non-hydrogen) atoms. The summed E-state index contributed by atoms with van der Waals surface area (Å²) in [5, 5.41) is 11.7. The Bertz CT molecular complexity index is 379. The summed E-state index contributed by atoms with van der Waals surface area (Å²) < 4.78 is 1.03. The van der Waals surface area contributed by atoms with Crippen LogP contribution in [0.2, 0.25) is 5.02 Å². The van der Waals surface area contributed by atoms with E-state index in [1.165, 1.54) is 6.20 Å². The molecule has 0 amide bonds. The molecule has 0 aliphatic heterocycles. The summed E-state index contributed by atoms with van der Waals surface area (Å²) in [5.74, 6) is -1.00. The molecule has 0 unspecified atom stereocenters. The highest BCUT2D eigenvalue weighted by Gasteiger charge is 1.97. The van der Waals surface area contributed by atoms with Crippen molar-refractivity contribution < 1.29 is 9.90 Å². The van der Waals surface area contributed by atoms with Crippen LogP contribution in [-0.2, 0) is 4.79 Å². The lowest BCUT2D eigenvalue weighted by molar-refractivity contribution is -0.131. The van der Waals surface area contributed by atoms with E-state index in [0.29, 0.717) is 10.7 Å². The molecule has 1 aromatic carbocycles. The largest absolute Gasteiger partial charge is 0.478 e. The average molecular weight is 324 g/mol. The SMILES string of the molecule is O=C(O)/C=C/Nc1ccc(I)cc1Cl. The summed E-state index contributed by atoms with van der Waals surface area (Å²) in [6.07, 6.45) is 2.34. The van der Waals surface area contributed by atoms with E-state index in [2.05, 4.69) is 27.9 Å². The van der Waals surface area contributed by atoms with Crippen LogP contribution in [0.4, 0.5) is 5.69 Å². The Morgan fingerprint density at radius 3 is 2.86 bits per heavy atom. The maximum Gasteiger partial charge on any atom is 0.329 e. The third-order valence-electron chi connectivity index (χ3n) is 1.40. The van der Waals surface area contributed by atoms with Crippen LogP contribution in [0, 0.1) is 3.57 Å². The van der Waals surface area contributed by atoms with Gasteiger partial charge in [-0.05, 0) is 40.8 Å².